The van der Waals surface area contributed by atoms with E-state index in [1.54, 1.807) is 55.6 Å². The first-order chi connectivity index (χ1) is 17.5. The van der Waals surface area contributed by atoms with Crippen LogP contribution in [0.5, 0.6) is 17.2 Å². The standard InChI is InChI=1S/C27H23NO7S/c1-32-17-8-10-18(11-9-17)34-13-12-28-23(21-7-4-14-36-21)22(25(30)27(28)31)24(29)20-15-16-5-3-6-19(33-2)26(16)35-20/h3-11,14-15,23,30H,12-13H2,1-2H3. The lowest BCUT2D eigenvalue weighted by molar-refractivity contribution is -0.129. The number of methoxy groups -OCH3 is 2. The van der Waals surface area contributed by atoms with Crippen LogP contribution in [0.1, 0.15) is 21.5 Å². The normalized spacial score (nSPS) is 15.6. The molecule has 1 N–H and O–H groups in total. The third kappa shape index (κ3) is 4.18. The maximum absolute atomic E-state index is 13.6. The van der Waals surface area contributed by atoms with Crippen molar-refractivity contribution in [3.8, 4) is 17.2 Å². The van der Waals surface area contributed by atoms with Gasteiger partial charge in [-0.3, -0.25) is 9.59 Å². The second-order valence-electron chi connectivity index (χ2n) is 8.02. The van der Waals surface area contributed by atoms with Gasteiger partial charge in [-0.05, 0) is 47.8 Å². The number of carbonyl (C=O) groups excluding carboxylic acids is 2. The molecule has 5 rings (SSSR count). The Labute approximate surface area is 210 Å². The van der Waals surface area contributed by atoms with E-state index in [2.05, 4.69) is 0 Å². The average Bonchev–Trinajstić information content (AvgIpc) is 3.64. The van der Waals surface area contributed by atoms with Crippen LogP contribution in [0.4, 0.5) is 0 Å². The van der Waals surface area contributed by atoms with E-state index in [0.29, 0.717) is 28.2 Å². The van der Waals surface area contributed by atoms with Crippen LogP contribution in [-0.2, 0) is 4.79 Å². The van der Waals surface area contributed by atoms with Crippen molar-refractivity contribution in [1.82, 2.24) is 4.90 Å². The second-order valence-corrected chi connectivity index (χ2v) is 9.00. The van der Waals surface area contributed by atoms with Gasteiger partial charge in [0.2, 0.25) is 5.78 Å². The first kappa shape index (κ1) is 23.5. The second kappa shape index (κ2) is 9.79. The van der Waals surface area contributed by atoms with Gasteiger partial charge in [0, 0.05) is 10.3 Å². The number of aliphatic hydroxyl groups excluding tert-OH is 1. The van der Waals surface area contributed by atoms with Crippen LogP contribution in [0, 0.1) is 0 Å². The van der Waals surface area contributed by atoms with E-state index < -0.39 is 23.5 Å². The van der Waals surface area contributed by atoms with E-state index in [1.165, 1.54) is 23.3 Å². The smallest absolute Gasteiger partial charge is 0.290 e. The molecular weight excluding hydrogens is 482 g/mol. The number of aliphatic hydroxyl groups is 1. The number of benzene rings is 2. The molecule has 4 aromatic rings. The highest BCUT2D eigenvalue weighted by atomic mass is 32.1. The zero-order valence-electron chi connectivity index (χ0n) is 19.6. The van der Waals surface area contributed by atoms with E-state index in [-0.39, 0.29) is 24.5 Å². The number of nitrogens with zero attached hydrogens (tertiary/aromatic N) is 1. The van der Waals surface area contributed by atoms with Crippen molar-refractivity contribution >= 4 is 34.0 Å². The first-order valence-corrected chi connectivity index (χ1v) is 12.1. The lowest BCUT2D eigenvalue weighted by Crippen LogP contribution is -2.34. The number of para-hydroxylation sites is 1. The van der Waals surface area contributed by atoms with Crippen LogP contribution in [0.3, 0.4) is 0 Å². The van der Waals surface area contributed by atoms with Crippen LogP contribution >= 0.6 is 11.3 Å². The van der Waals surface area contributed by atoms with Gasteiger partial charge in [0.25, 0.3) is 5.91 Å². The third-order valence-corrected chi connectivity index (χ3v) is 6.90. The summed E-state index contributed by atoms with van der Waals surface area (Å²) in [5.41, 5.74) is 0.398. The van der Waals surface area contributed by atoms with Crippen LogP contribution in [0.25, 0.3) is 11.0 Å². The van der Waals surface area contributed by atoms with Gasteiger partial charge in [-0.2, -0.15) is 0 Å². The van der Waals surface area contributed by atoms with E-state index in [0.717, 1.165) is 4.88 Å². The minimum atomic E-state index is -0.764. The van der Waals surface area contributed by atoms with Gasteiger partial charge in [-0.15, -0.1) is 11.3 Å². The topological polar surface area (TPSA) is 98.4 Å². The van der Waals surface area contributed by atoms with Gasteiger partial charge in [-0.1, -0.05) is 18.2 Å². The number of thiophene rings is 1. The van der Waals surface area contributed by atoms with Crippen molar-refractivity contribution in [2.45, 2.75) is 6.04 Å². The van der Waals surface area contributed by atoms with Gasteiger partial charge in [0.05, 0.1) is 32.4 Å². The molecule has 0 aliphatic carbocycles. The van der Waals surface area contributed by atoms with Crippen LogP contribution in [-0.4, -0.2) is 49.1 Å². The Kier molecular flexibility index (Phi) is 6.39. The lowest BCUT2D eigenvalue weighted by atomic mass is 10.00. The quantitative estimate of drug-likeness (QED) is 0.313. The zero-order chi connectivity index (χ0) is 25.2. The highest BCUT2D eigenvalue weighted by molar-refractivity contribution is 7.10. The molecule has 0 radical (unpaired) electrons. The number of ether oxygens (including phenoxy) is 3. The van der Waals surface area contributed by atoms with E-state index in [4.69, 9.17) is 18.6 Å². The summed E-state index contributed by atoms with van der Waals surface area (Å²) in [6.07, 6.45) is 0. The van der Waals surface area contributed by atoms with Gasteiger partial charge in [0.15, 0.2) is 22.9 Å². The monoisotopic (exact) mass is 505 g/mol. The predicted molar refractivity (Wildman–Crippen MR) is 134 cm³/mol. The van der Waals surface area contributed by atoms with Crippen molar-refractivity contribution in [3.05, 3.63) is 88.0 Å². The number of rotatable bonds is 9. The summed E-state index contributed by atoms with van der Waals surface area (Å²) in [4.78, 5) is 28.9. The molecule has 1 unspecified atom stereocenters. The van der Waals surface area contributed by atoms with Crippen LogP contribution in [0.2, 0.25) is 0 Å². The fourth-order valence-corrected chi connectivity index (χ4v) is 5.08. The number of amides is 1. The molecule has 2 aromatic heterocycles. The molecule has 184 valence electrons. The number of carbonyl (C=O) groups is 2. The largest absolute Gasteiger partial charge is 0.503 e. The molecule has 36 heavy (non-hydrogen) atoms. The van der Waals surface area contributed by atoms with Crippen molar-refractivity contribution in [2.75, 3.05) is 27.4 Å². The SMILES string of the molecule is COc1ccc(OCCN2C(=O)C(O)=C(C(=O)c3cc4cccc(OC)c4o3)C2c2cccs2)cc1. The summed E-state index contributed by atoms with van der Waals surface area (Å²) in [6.45, 7) is 0.318. The van der Waals surface area contributed by atoms with Crippen LogP contribution in [0.15, 0.2) is 81.8 Å². The minimum Gasteiger partial charge on any atom is -0.503 e. The fraction of sp³-hybridized carbons (Fsp3) is 0.185. The number of hydrogen-bond donors (Lipinski definition) is 1. The van der Waals surface area contributed by atoms with Gasteiger partial charge in [0.1, 0.15) is 18.1 Å². The third-order valence-electron chi connectivity index (χ3n) is 5.97. The average molecular weight is 506 g/mol. The Morgan fingerprint density at radius 1 is 1.06 bits per heavy atom. The van der Waals surface area contributed by atoms with Crippen molar-refractivity contribution in [1.29, 1.82) is 0 Å². The molecule has 1 aliphatic rings. The summed E-state index contributed by atoms with van der Waals surface area (Å²) in [5, 5.41) is 13.4. The number of Topliss-reactive ketones (excluding diaryl/α,β-unsaturated/α-hetero) is 1. The molecule has 1 aliphatic heterocycles. The van der Waals surface area contributed by atoms with Crippen molar-refractivity contribution < 1.29 is 33.3 Å². The fourth-order valence-electron chi connectivity index (χ4n) is 4.23. The summed E-state index contributed by atoms with van der Waals surface area (Å²) in [5.74, 6) is 0.0337. The first-order valence-electron chi connectivity index (χ1n) is 11.2. The van der Waals surface area contributed by atoms with E-state index >= 15 is 0 Å². The Balaban J connectivity index is 1.42. The number of hydrogen-bond acceptors (Lipinski definition) is 8. The Morgan fingerprint density at radius 3 is 2.53 bits per heavy atom. The molecule has 1 amide bonds. The number of furan rings is 1. The highest BCUT2D eigenvalue weighted by Gasteiger charge is 2.45. The highest BCUT2D eigenvalue weighted by Crippen LogP contribution is 2.41. The van der Waals surface area contributed by atoms with Gasteiger partial charge < -0.3 is 28.6 Å². The van der Waals surface area contributed by atoms with Gasteiger partial charge >= 0.3 is 0 Å². The molecule has 8 nitrogen and oxygen atoms in total. The molecule has 0 saturated carbocycles. The van der Waals surface area contributed by atoms with Crippen molar-refractivity contribution in [3.63, 3.8) is 0 Å². The molecule has 0 fully saturated rings. The summed E-state index contributed by atoms with van der Waals surface area (Å²) in [7, 11) is 3.10. The van der Waals surface area contributed by atoms with Gasteiger partial charge in [-0.25, -0.2) is 0 Å². The van der Waals surface area contributed by atoms with E-state index in [9.17, 15) is 14.7 Å². The summed E-state index contributed by atoms with van der Waals surface area (Å²) >= 11 is 1.39. The molecule has 2 aromatic carbocycles. The van der Waals surface area contributed by atoms with E-state index in [1.807, 2.05) is 17.5 Å². The molecule has 0 bridgehead atoms. The zero-order valence-corrected chi connectivity index (χ0v) is 20.4. The molecular formula is C27H23NO7S. The van der Waals surface area contributed by atoms with Crippen LogP contribution < -0.4 is 14.2 Å². The minimum absolute atomic E-state index is 0.0155. The molecule has 3 heterocycles. The molecule has 1 atom stereocenters. The Bertz CT molecular complexity index is 1440. The molecule has 0 spiro atoms. The maximum atomic E-state index is 13.6. The van der Waals surface area contributed by atoms with Crippen molar-refractivity contribution in [2.24, 2.45) is 0 Å². The molecule has 9 heteroatoms. The summed E-state index contributed by atoms with van der Waals surface area (Å²) < 4.78 is 22.1. The Hall–Kier alpha value is -4.24. The summed E-state index contributed by atoms with van der Waals surface area (Å²) in [6, 6.07) is 16.9. The number of fused-ring (bicyclic) bond motifs is 1. The molecule has 0 saturated heterocycles. The number of ketones is 1. The Morgan fingerprint density at radius 2 is 1.83 bits per heavy atom. The predicted octanol–water partition coefficient (Wildman–Crippen LogP) is 5.17. The maximum Gasteiger partial charge on any atom is 0.290 e. The lowest BCUT2D eigenvalue weighted by Gasteiger charge is -2.25.